The summed E-state index contributed by atoms with van der Waals surface area (Å²) in [7, 11) is 0. The predicted molar refractivity (Wildman–Crippen MR) is 85.5 cm³/mol. The fourth-order valence-corrected chi connectivity index (χ4v) is 2.68. The molecule has 0 saturated heterocycles. The number of para-hydroxylation sites is 1. The summed E-state index contributed by atoms with van der Waals surface area (Å²) in [6.07, 6.45) is 1.78. The Morgan fingerprint density at radius 2 is 1.71 bits per heavy atom. The van der Waals surface area contributed by atoms with Crippen LogP contribution >= 0.6 is 0 Å². The molecule has 21 heavy (non-hydrogen) atoms. The second-order valence-corrected chi connectivity index (χ2v) is 5.15. The molecule has 2 aromatic heterocycles. The summed E-state index contributed by atoms with van der Waals surface area (Å²) in [5.41, 5.74) is 11.1. The van der Waals surface area contributed by atoms with E-state index in [1.807, 2.05) is 22.8 Å². The molecule has 0 amide bonds. The Morgan fingerprint density at radius 1 is 0.952 bits per heavy atom. The first kappa shape index (κ1) is 11.9. The van der Waals surface area contributed by atoms with Gasteiger partial charge in [0, 0.05) is 11.1 Å². The molecule has 0 spiro atoms. The zero-order chi connectivity index (χ0) is 14.4. The summed E-state index contributed by atoms with van der Waals surface area (Å²) in [5, 5.41) is 1.06. The van der Waals surface area contributed by atoms with Crippen molar-refractivity contribution in [2.45, 2.75) is 6.92 Å². The zero-order valence-electron chi connectivity index (χ0n) is 11.6. The van der Waals surface area contributed by atoms with Crippen LogP contribution in [-0.2, 0) is 0 Å². The highest BCUT2D eigenvalue weighted by molar-refractivity contribution is 6.03. The highest BCUT2D eigenvalue weighted by Crippen LogP contribution is 2.28. The van der Waals surface area contributed by atoms with Crippen molar-refractivity contribution in [1.29, 1.82) is 0 Å². The molecular formula is C17H14N4. The number of hydrogen-bond donors (Lipinski definition) is 1. The third-order valence-corrected chi connectivity index (χ3v) is 3.71. The molecule has 4 heteroatoms. The fourth-order valence-electron chi connectivity index (χ4n) is 2.68. The molecule has 2 aromatic carbocycles. The van der Waals surface area contributed by atoms with E-state index in [1.54, 1.807) is 6.20 Å². The number of aromatic nitrogens is 3. The van der Waals surface area contributed by atoms with Gasteiger partial charge in [-0.2, -0.15) is 0 Å². The Hall–Kier alpha value is -2.88. The number of aryl methyl sites for hydroxylation is 1. The molecule has 0 aliphatic carbocycles. The number of pyridine rings is 1. The van der Waals surface area contributed by atoms with Crippen molar-refractivity contribution >= 4 is 27.9 Å². The Labute approximate surface area is 121 Å². The van der Waals surface area contributed by atoms with E-state index in [0.717, 1.165) is 27.6 Å². The minimum Gasteiger partial charge on any atom is -0.369 e. The van der Waals surface area contributed by atoms with Crippen LogP contribution in [0, 0.1) is 6.92 Å². The van der Waals surface area contributed by atoms with Gasteiger partial charge in [-0.3, -0.25) is 9.55 Å². The van der Waals surface area contributed by atoms with Crippen molar-refractivity contribution in [1.82, 2.24) is 14.5 Å². The number of nitrogen functional groups attached to an aromatic ring is 1. The molecule has 0 bridgehead atoms. The number of anilines is 1. The Balaban J connectivity index is 2.14. The van der Waals surface area contributed by atoms with Crippen molar-refractivity contribution < 1.29 is 0 Å². The summed E-state index contributed by atoms with van der Waals surface area (Å²) in [4.78, 5) is 8.88. The first-order chi connectivity index (χ1) is 10.2. The molecule has 0 atom stereocenters. The quantitative estimate of drug-likeness (QED) is 0.578. The molecule has 0 saturated carbocycles. The van der Waals surface area contributed by atoms with E-state index in [4.69, 9.17) is 5.73 Å². The average molecular weight is 274 g/mol. The molecule has 0 aliphatic heterocycles. The number of fused-ring (bicyclic) bond motifs is 3. The van der Waals surface area contributed by atoms with E-state index in [1.165, 1.54) is 5.56 Å². The monoisotopic (exact) mass is 274 g/mol. The minimum absolute atomic E-state index is 0.479. The van der Waals surface area contributed by atoms with Crippen LogP contribution in [0.25, 0.3) is 27.6 Å². The Morgan fingerprint density at radius 3 is 2.52 bits per heavy atom. The highest BCUT2D eigenvalue weighted by atomic mass is 15.2. The third kappa shape index (κ3) is 1.76. The molecule has 4 rings (SSSR count). The average Bonchev–Trinajstić information content (AvgIpc) is 2.85. The maximum absolute atomic E-state index is 6.14. The van der Waals surface area contributed by atoms with Gasteiger partial charge in [-0.05, 0) is 25.1 Å². The van der Waals surface area contributed by atoms with E-state index in [-0.39, 0.29) is 0 Å². The number of benzene rings is 2. The Bertz CT molecular complexity index is 952. The molecular weight excluding hydrogens is 260 g/mol. The van der Waals surface area contributed by atoms with Crippen LogP contribution in [0.5, 0.6) is 0 Å². The lowest BCUT2D eigenvalue weighted by molar-refractivity contribution is 1.11. The van der Waals surface area contributed by atoms with E-state index >= 15 is 0 Å². The van der Waals surface area contributed by atoms with E-state index in [0.29, 0.717) is 5.95 Å². The summed E-state index contributed by atoms with van der Waals surface area (Å²) in [5.74, 6) is 0.479. The lowest BCUT2D eigenvalue weighted by Crippen LogP contribution is -2.00. The molecule has 0 fully saturated rings. The molecule has 4 nitrogen and oxygen atoms in total. The number of hydrogen-bond acceptors (Lipinski definition) is 3. The van der Waals surface area contributed by atoms with Crippen LogP contribution in [-0.4, -0.2) is 14.5 Å². The van der Waals surface area contributed by atoms with Crippen LogP contribution < -0.4 is 5.73 Å². The first-order valence-electron chi connectivity index (χ1n) is 6.83. The molecule has 102 valence electrons. The van der Waals surface area contributed by atoms with Crippen molar-refractivity contribution in [3.63, 3.8) is 0 Å². The van der Waals surface area contributed by atoms with Gasteiger partial charge in [0.25, 0.3) is 0 Å². The standard InChI is InChI=1S/C17H14N4/c1-11-6-8-12(9-7-11)21-16-13-4-2-3-5-14(13)19-10-15(16)20-17(21)18/h2-10H,1H3,(H2,18,20). The van der Waals surface area contributed by atoms with Crippen LogP contribution in [0.3, 0.4) is 0 Å². The summed E-state index contributed by atoms with van der Waals surface area (Å²) in [6, 6.07) is 16.3. The molecule has 0 aliphatic rings. The Kier molecular flexibility index (Phi) is 2.44. The number of rotatable bonds is 1. The molecule has 4 aromatic rings. The SMILES string of the molecule is Cc1ccc(-n2c(N)nc3cnc4ccccc4c32)cc1. The molecule has 0 unspecified atom stereocenters. The van der Waals surface area contributed by atoms with Gasteiger partial charge in [0.1, 0.15) is 5.52 Å². The normalized spacial score (nSPS) is 11.3. The second kappa shape index (κ2) is 4.31. The largest absolute Gasteiger partial charge is 0.369 e. The summed E-state index contributed by atoms with van der Waals surface area (Å²) < 4.78 is 1.98. The topological polar surface area (TPSA) is 56.7 Å². The maximum Gasteiger partial charge on any atom is 0.206 e. The van der Waals surface area contributed by atoms with Crippen molar-refractivity contribution in [3.8, 4) is 5.69 Å². The zero-order valence-corrected chi connectivity index (χ0v) is 11.6. The van der Waals surface area contributed by atoms with Crippen molar-refractivity contribution in [2.24, 2.45) is 0 Å². The number of imidazole rings is 1. The second-order valence-electron chi connectivity index (χ2n) is 5.15. The van der Waals surface area contributed by atoms with E-state index in [2.05, 4.69) is 47.2 Å². The van der Waals surface area contributed by atoms with Crippen LogP contribution in [0.15, 0.2) is 54.7 Å². The van der Waals surface area contributed by atoms with Crippen LogP contribution in [0.2, 0.25) is 0 Å². The lowest BCUT2D eigenvalue weighted by atomic mass is 10.2. The number of nitrogens with zero attached hydrogens (tertiary/aromatic N) is 3. The van der Waals surface area contributed by atoms with E-state index < -0.39 is 0 Å². The molecule has 0 radical (unpaired) electrons. The summed E-state index contributed by atoms with van der Waals surface area (Å²) in [6.45, 7) is 2.07. The van der Waals surface area contributed by atoms with Crippen molar-refractivity contribution in [3.05, 3.63) is 60.3 Å². The molecule has 2 N–H and O–H groups in total. The van der Waals surface area contributed by atoms with Gasteiger partial charge in [-0.1, -0.05) is 35.9 Å². The van der Waals surface area contributed by atoms with Gasteiger partial charge in [-0.25, -0.2) is 4.98 Å². The minimum atomic E-state index is 0.479. The maximum atomic E-state index is 6.14. The summed E-state index contributed by atoms with van der Waals surface area (Å²) >= 11 is 0. The van der Waals surface area contributed by atoms with Gasteiger partial charge in [-0.15, -0.1) is 0 Å². The van der Waals surface area contributed by atoms with E-state index in [9.17, 15) is 0 Å². The van der Waals surface area contributed by atoms with Crippen LogP contribution in [0.4, 0.5) is 5.95 Å². The van der Waals surface area contributed by atoms with Gasteiger partial charge < -0.3 is 5.73 Å². The molecule has 2 heterocycles. The predicted octanol–water partition coefficient (Wildman–Crippen LogP) is 3.46. The third-order valence-electron chi connectivity index (χ3n) is 3.71. The smallest absolute Gasteiger partial charge is 0.206 e. The van der Waals surface area contributed by atoms with Gasteiger partial charge >= 0.3 is 0 Å². The van der Waals surface area contributed by atoms with Crippen LogP contribution in [0.1, 0.15) is 5.56 Å². The van der Waals surface area contributed by atoms with Gasteiger partial charge in [0.15, 0.2) is 0 Å². The number of nitrogens with two attached hydrogens (primary N) is 1. The van der Waals surface area contributed by atoms with Crippen molar-refractivity contribution in [2.75, 3.05) is 5.73 Å². The van der Waals surface area contributed by atoms with Gasteiger partial charge in [0.2, 0.25) is 5.95 Å². The lowest BCUT2D eigenvalue weighted by Gasteiger charge is -2.08. The highest BCUT2D eigenvalue weighted by Gasteiger charge is 2.13. The van der Waals surface area contributed by atoms with Gasteiger partial charge in [0.05, 0.1) is 17.2 Å². The fraction of sp³-hybridized carbons (Fsp3) is 0.0588. The first-order valence-corrected chi connectivity index (χ1v) is 6.83.